The fourth-order valence-corrected chi connectivity index (χ4v) is 4.39. The highest BCUT2D eigenvalue weighted by atomic mass is 35.5. The molecule has 2 aliphatic rings. The van der Waals surface area contributed by atoms with Crippen molar-refractivity contribution in [1.29, 1.82) is 0 Å². The number of hydrogen-bond donors (Lipinski definition) is 1. The van der Waals surface area contributed by atoms with E-state index in [2.05, 4.69) is 5.32 Å². The molecule has 0 spiro atoms. The van der Waals surface area contributed by atoms with Crippen LogP contribution in [0.15, 0.2) is 12.1 Å². The summed E-state index contributed by atoms with van der Waals surface area (Å²) in [7, 11) is 0. The van der Waals surface area contributed by atoms with Crippen molar-refractivity contribution < 1.29 is 17.6 Å². The third-order valence-electron chi connectivity index (χ3n) is 5.38. The van der Waals surface area contributed by atoms with Crippen LogP contribution in [0.4, 0.5) is 17.6 Å². The Labute approximate surface area is 162 Å². The van der Waals surface area contributed by atoms with E-state index in [0.717, 1.165) is 44.2 Å². The summed E-state index contributed by atoms with van der Waals surface area (Å²) in [6.07, 6.45) is 0.125. The summed E-state index contributed by atoms with van der Waals surface area (Å²) in [4.78, 5) is 2.01. The van der Waals surface area contributed by atoms with Crippen LogP contribution in [0.2, 0.25) is 5.02 Å². The molecule has 1 atom stereocenters. The first-order valence-corrected chi connectivity index (χ1v) is 9.27. The third kappa shape index (κ3) is 4.64. The Balaban J connectivity index is 0.00000243. The molecule has 1 aliphatic heterocycles. The quantitative estimate of drug-likeness (QED) is 0.661. The van der Waals surface area contributed by atoms with Crippen molar-refractivity contribution in [3.8, 4) is 0 Å². The van der Waals surface area contributed by atoms with E-state index >= 15 is 0 Å². The van der Waals surface area contributed by atoms with Gasteiger partial charge in [0, 0.05) is 37.8 Å². The number of nitrogens with zero attached hydrogens (tertiary/aromatic N) is 1. The summed E-state index contributed by atoms with van der Waals surface area (Å²) in [5, 5.41) is 2.97. The van der Waals surface area contributed by atoms with Gasteiger partial charge >= 0.3 is 6.18 Å². The first-order valence-electron chi connectivity index (χ1n) is 8.89. The van der Waals surface area contributed by atoms with Crippen molar-refractivity contribution in [3.05, 3.63) is 34.1 Å². The SMILES string of the molecule is Cl.Fc1c(Cl)ccc(C(F)(F)F)c1[C@@H](C1CCCCC1)N1CCNCC1. The Hall–Kier alpha value is -0.560. The number of benzene rings is 1. The molecule has 0 radical (unpaired) electrons. The molecular formula is C18H24Cl2F4N2. The highest BCUT2D eigenvalue weighted by Gasteiger charge is 2.42. The molecule has 148 valence electrons. The molecule has 0 bridgehead atoms. The number of nitrogens with one attached hydrogen (secondary N) is 1. The number of halogens is 6. The minimum Gasteiger partial charge on any atom is -0.314 e. The van der Waals surface area contributed by atoms with Gasteiger partial charge in [-0.3, -0.25) is 4.90 Å². The van der Waals surface area contributed by atoms with Crippen molar-refractivity contribution in [3.63, 3.8) is 0 Å². The van der Waals surface area contributed by atoms with Crippen LogP contribution in [0.1, 0.15) is 49.3 Å². The van der Waals surface area contributed by atoms with Gasteiger partial charge in [-0.05, 0) is 30.9 Å². The summed E-state index contributed by atoms with van der Waals surface area (Å²) in [6, 6.07) is 1.37. The van der Waals surface area contributed by atoms with Crippen LogP contribution in [0, 0.1) is 11.7 Å². The summed E-state index contributed by atoms with van der Waals surface area (Å²) in [5.74, 6) is -0.883. The second-order valence-electron chi connectivity index (χ2n) is 6.95. The van der Waals surface area contributed by atoms with E-state index in [0.29, 0.717) is 26.2 Å². The summed E-state index contributed by atoms with van der Waals surface area (Å²) in [5.41, 5.74) is -1.14. The molecule has 8 heteroatoms. The standard InChI is InChI=1S/C18H23ClF4N2.ClH/c19-14-7-6-13(18(21,22)23)15(16(14)20)17(12-4-2-1-3-5-12)25-10-8-24-9-11-25;/h6-7,12,17,24H,1-5,8-11H2;1H/t17-;/m1./s1. The normalized spacial score (nSPS) is 21.3. The van der Waals surface area contributed by atoms with E-state index in [1.807, 2.05) is 4.90 Å². The van der Waals surface area contributed by atoms with Crippen molar-refractivity contribution in [2.75, 3.05) is 26.2 Å². The Morgan fingerprint density at radius 1 is 1.08 bits per heavy atom. The second kappa shape index (κ2) is 9.09. The van der Waals surface area contributed by atoms with Crippen LogP contribution in [0.3, 0.4) is 0 Å². The van der Waals surface area contributed by atoms with Crippen LogP contribution in [-0.2, 0) is 6.18 Å². The van der Waals surface area contributed by atoms with E-state index in [1.54, 1.807) is 0 Å². The van der Waals surface area contributed by atoms with Gasteiger partial charge in [0.1, 0.15) is 5.82 Å². The number of hydrogen-bond acceptors (Lipinski definition) is 2. The number of rotatable bonds is 3. The Morgan fingerprint density at radius 3 is 2.27 bits per heavy atom. The summed E-state index contributed by atoms with van der Waals surface area (Å²) >= 11 is 5.88. The summed E-state index contributed by atoms with van der Waals surface area (Å²) in [6.45, 7) is 2.63. The smallest absolute Gasteiger partial charge is 0.314 e. The van der Waals surface area contributed by atoms with Gasteiger partial charge < -0.3 is 5.32 Å². The highest BCUT2D eigenvalue weighted by Crippen LogP contribution is 2.45. The van der Waals surface area contributed by atoms with Gasteiger partial charge in [-0.2, -0.15) is 13.2 Å². The number of piperazine rings is 1. The second-order valence-corrected chi connectivity index (χ2v) is 7.36. The van der Waals surface area contributed by atoms with Gasteiger partial charge in [-0.25, -0.2) is 4.39 Å². The van der Waals surface area contributed by atoms with Crippen molar-refractivity contribution in [1.82, 2.24) is 10.2 Å². The Bertz CT molecular complexity index is 580. The van der Waals surface area contributed by atoms with Crippen LogP contribution < -0.4 is 5.32 Å². The Morgan fingerprint density at radius 2 is 1.69 bits per heavy atom. The molecular weight excluding hydrogens is 391 g/mol. The lowest BCUT2D eigenvalue weighted by molar-refractivity contribution is -0.139. The van der Waals surface area contributed by atoms with E-state index in [9.17, 15) is 17.6 Å². The first kappa shape index (κ1) is 21.7. The maximum absolute atomic E-state index is 14.9. The molecule has 1 aromatic carbocycles. The lowest BCUT2D eigenvalue weighted by Gasteiger charge is -2.42. The van der Waals surface area contributed by atoms with Crippen LogP contribution in [-0.4, -0.2) is 31.1 Å². The molecule has 2 fully saturated rings. The Kier molecular flexibility index (Phi) is 7.60. The van der Waals surface area contributed by atoms with Gasteiger partial charge in [-0.15, -0.1) is 12.4 Å². The third-order valence-corrected chi connectivity index (χ3v) is 5.67. The van der Waals surface area contributed by atoms with Crippen molar-refractivity contribution in [2.24, 2.45) is 5.92 Å². The maximum Gasteiger partial charge on any atom is 0.416 e. The van der Waals surface area contributed by atoms with Gasteiger partial charge in [0.25, 0.3) is 0 Å². The average molecular weight is 415 g/mol. The minimum absolute atomic E-state index is 0. The van der Waals surface area contributed by atoms with E-state index in [4.69, 9.17) is 11.6 Å². The molecule has 1 aromatic rings. The molecule has 3 rings (SSSR count). The van der Waals surface area contributed by atoms with Crippen LogP contribution in [0.5, 0.6) is 0 Å². The zero-order chi connectivity index (χ0) is 18.0. The molecule has 0 unspecified atom stereocenters. The van der Waals surface area contributed by atoms with Gasteiger partial charge in [-0.1, -0.05) is 30.9 Å². The minimum atomic E-state index is -4.60. The van der Waals surface area contributed by atoms with Gasteiger partial charge in [0.05, 0.1) is 10.6 Å². The number of alkyl halides is 3. The topological polar surface area (TPSA) is 15.3 Å². The average Bonchev–Trinajstić information content (AvgIpc) is 2.60. The molecule has 0 aromatic heterocycles. The molecule has 0 amide bonds. The van der Waals surface area contributed by atoms with E-state index in [-0.39, 0.29) is 28.9 Å². The van der Waals surface area contributed by atoms with E-state index < -0.39 is 23.6 Å². The molecule has 1 heterocycles. The molecule has 1 saturated heterocycles. The fourth-order valence-electron chi connectivity index (χ4n) is 4.23. The van der Waals surface area contributed by atoms with E-state index in [1.165, 1.54) is 0 Å². The van der Waals surface area contributed by atoms with Crippen molar-refractivity contribution >= 4 is 24.0 Å². The molecule has 26 heavy (non-hydrogen) atoms. The predicted molar refractivity (Wildman–Crippen MR) is 97.4 cm³/mol. The zero-order valence-corrected chi connectivity index (χ0v) is 16.0. The predicted octanol–water partition coefficient (Wildman–Crippen LogP) is 5.45. The van der Waals surface area contributed by atoms with Crippen molar-refractivity contribution in [2.45, 2.75) is 44.3 Å². The fraction of sp³-hybridized carbons (Fsp3) is 0.667. The zero-order valence-electron chi connectivity index (χ0n) is 14.4. The maximum atomic E-state index is 14.9. The molecule has 1 saturated carbocycles. The molecule has 1 N–H and O–H groups in total. The first-order chi connectivity index (χ1) is 11.9. The lowest BCUT2D eigenvalue weighted by Crippen LogP contribution is -2.47. The van der Waals surface area contributed by atoms with Gasteiger partial charge in [0.15, 0.2) is 0 Å². The molecule has 1 aliphatic carbocycles. The largest absolute Gasteiger partial charge is 0.416 e. The monoisotopic (exact) mass is 414 g/mol. The van der Waals surface area contributed by atoms with Gasteiger partial charge in [0.2, 0.25) is 0 Å². The lowest BCUT2D eigenvalue weighted by atomic mass is 9.78. The van der Waals surface area contributed by atoms with Crippen LogP contribution >= 0.6 is 24.0 Å². The highest BCUT2D eigenvalue weighted by molar-refractivity contribution is 6.30. The molecule has 2 nitrogen and oxygen atoms in total. The van der Waals surface area contributed by atoms with Crippen LogP contribution in [0.25, 0.3) is 0 Å². The summed E-state index contributed by atoms with van der Waals surface area (Å²) < 4.78 is 55.7.